The van der Waals surface area contributed by atoms with Crippen LogP contribution in [-0.4, -0.2) is 63.3 Å². The predicted octanol–water partition coefficient (Wildman–Crippen LogP) is 2.17. The van der Waals surface area contributed by atoms with Gasteiger partial charge in [0.2, 0.25) is 0 Å². The predicted molar refractivity (Wildman–Crippen MR) is 137 cm³/mol. The lowest BCUT2D eigenvalue weighted by molar-refractivity contribution is -0.384. The van der Waals surface area contributed by atoms with Gasteiger partial charge in [-0.05, 0) is 30.3 Å². The molecular weight excluding hydrogens is 500 g/mol. The van der Waals surface area contributed by atoms with Crippen molar-refractivity contribution in [1.82, 2.24) is 10.4 Å². The third-order valence-corrected chi connectivity index (χ3v) is 7.25. The van der Waals surface area contributed by atoms with Crippen molar-refractivity contribution >= 4 is 39.3 Å². The van der Waals surface area contributed by atoms with Gasteiger partial charge in [0.1, 0.15) is 12.4 Å². The van der Waals surface area contributed by atoms with E-state index in [0.29, 0.717) is 37.6 Å². The molecule has 0 aliphatic carbocycles. The molecule has 0 atom stereocenters. The maximum atomic E-state index is 13.3. The zero-order chi connectivity index (χ0) is 26.3. The van der Waals surface area contributed by atoms with Crippen LogP contribution in [0.15, 0.2) is 82.9 Å². The molecule has 0 unspecified atom stereocenters. The number of anilines is 2. The van der Waals surface area contributed by atoms with Crippen LogP contribution in [0, 0.1) is 10.1 Å². The summed E-state index contributed by atoms with van der Waals surface area (Å²) in [7, 11) is -4.10. The molecule has 3 aromatic rings. The van der Waals surface area contributed by atoms with Crippen LogP contribution in [0.3, 0.4) is 0 Å². The Morgan fingerprint density at radius 2 is 1.86 bits per heavy atom. The van der Waals surface area contributed by atoms with Gasteiger partial charge in [-0.15, -0.1) is 0 Å². The van der Waals surface area contributed by atoms with Crippen LogP contribution in [0.25, 0.3) is 0 Å². The Balaban J connectivity index is 1.55. The Morgan fingerprint density at radius 1 is 1.14 bits per heavy atom. The Hall–Kier alpha value is -4.36. The van der Waals surface area contributed by atoms with Crippen molar-refractivity contribution in [3.63, 3.8) is 0 Å². The molecule has 1 aliphatic rings. The van der Waals surface area contributed by atoms with Gasteiger partial charge < -0.3 is 9.64 Å². The molecule has 2 aromatic carbocycles. The summed E-state index contributed by atoms with van der Waals surface area (Å²) in [6, 6.07) is 16.8. The lowest BCUT2D eigenvalue weighted by atomic mass is 10.1. The number of hydrazone groups is 1. The SMILES string of the molecule is O=C(CN(c1ccccn1)S(=O)(=O)c1ccccc1)N/N=C\c1cc([N+](=O)[O-])ccc1N1CCOCC1. The number of aromatic nitrogens is 1. The normalized spacial score (nSPS) is 13.9. The number of ether oxygens (including phenoxy) is 1. The van der Waals surface area contributed by atoms with Crippen molar-refractivity contribution < 1.29 is 22.9 Å². The molecule has 2 heterocycles. The van der Waals surface area contributed by atoms with E-state index in [9.17, 15) is 23.3 Å². The van der Waals surface area contributed by atoms with E-state index < -0.39 is 27.4 Å². The Labute approximate surface area is 213 Å². The fourth-order valence-corrected chi connectivity index (χ4v) is 5.10. The number of nitro benzene ring substituents is 1. The molecule has 0 radical (unpaired) electrons. The average molecular weight is 525 g/mol. The average Bonchev–Trinajstić information content (AvgIpc) is 2.93. The van der Waals surface area contributed by atoms with E-state index in [-0.39, 0.29) is 16.4 Å². The molecule has 0 saturated carbocycles. The van der Waals surface area contributed by atoms with Crippen molar-refractivity contribution in [3.05, 3.63) is 88.6 Å². The third-order valence-electron chi connectivity index (χ3n) is 5.49. The van der Waals surface area contributed by atoms with Gasteiger partial charge in [-0.25, -0.2) is 23.1 Å². The van der Waals surface area contributed by atoms with Crippen LogP contribution in [0.5, 0.6) is 0 Å². The van der Waals surface area contributed by atoms with E-state index in [0.717, 1.165) is 4.31 Å². The number of non-ortho nitro benzene ring substituents is 1. The van der Waals surface area contributed by atoms with E-state index in [1.54, 1.807) is 36.4 Å². The first-order chi connectivity index (χ1) is 17.9. The summed E-state index contributed by atoms with van der Waals surface area (Å²) in [5.74, 6) is -0.654. The van der Waals surface area contributed by atoms with Crippen molar-refractivity contribution in [1.29, 1.82) is 0 Å². The number of nitrogens with zero attached hydrogens (tertiary/aromatic N) is 5. The molecule has 1 amide bonds. The number of amides is 1. The van der Waals surface area contributed by atoms with Gasteiger partial charge in [0.05, 0.1) is 29.2 Å². The van der Waals surface area contributed by atoms with E-state index in [4.69, 9.17) is 4.74 Å². The summed E-state index contributed by atoms with van der Waals surface area (Å²) in [5, 5.41) is 15.2. The van der Waals surface area contributed by atoms with Gasteiger partial charge in [0.25, 0.3) is 21.6 Å². The van der Waals surface area contributed by atoms with Crippen LogP contribution in [0.4, 0.5) is 17.2 Å². The molecule has 1 fully saturated rings. The van der Waals surface area contributed by atoms with Gasteiger partial charge in [0.15, 0.2) is 0 Å². The van der Waals surface area contributed by atoms with Gasteiger partial charge in [0, 0.05) is 42.7 Å². The van der Waals surface area contributed by atoms with E-state index in [1.807, 2.05) is 4.90 Å². The molecular formula is C24H24N6O6S. The highest BCUT2D eigenvalue weighted by Gasteiger charge is 2.28. The molecule has 1 aromatic heterocycles. The third kappa shape index (κ3) is 6.26. The highest BCUT2D eigenvalue weighted by atomic mass is 32.2. The maximum absolute atomic E-state index is 13.3. The number of benzene rings is 2. The Kier molecular flexibility index (Phi) is 8.05. The first kappa shape index (κ1) is 25.7. The number of morpholine rings is 1. The number of sulfonamides is 1. The molecule has 0 spiro atoms. The van der Waals surface area contributed by atoms with Gasteiger partial charge in [-0.2, -0.15) is 5.10 Å². The molecule has 4 rings (SSSR count). The number of pyridine rings is 1. The summed E-state index contributed by atoms with van der Waals surface area (Å²) in [6.07, 6.45) is 2.72. The van der Waals surface area contributed by atoms with Crippen molar-refractivity contribution in [3.8, 4) is 0 Å². The fraction of sp³-hybridized carbons (Fsp3) is 0.208. The number of carbonyl (C=O) groups excluding carboxylic acids is 1. The summed E-state index contributed by atoms with van der Waals surface area (Å²) in [4.78, 5) is 29.6. The van der Waals surface area contributed by atoms with Gasteiger partial charge >= 0.3 is 0 Å². The van der Waals surface area contributed by atoms with Crippen LogP contribution in [0.2, 0.25) is 0 Å². The quantitative estimate of drug-likeness (QED) is 0.254. The standard InChI is InChI=1S/C24H24N6O6S/c31-24(18-29(23-8-4-5-11-25-23)37(34,35)21-6-2-1-3-7-21)27-26-17-19-16-20(30(32)33)9-10-22(19)28-12-14-36-15-13-28/h1-11,16-17H,12-15,18H2,(H,27,31)/b26-17-. The number of hydrogen-bond acceptors (Lipinski definition) is 9. The first-order valence-corrected chi connectivity index (χ1v) is 12.7. The van der Waals surface area contributed by atoms with Crippen LogP contribution in [0.1, 0.15) is 5.56 Å². The van der Waals surface area contributed by atoms with Crippen molar-refractivity contribution in [2.45, 2.75) is 4.90 Å². The minimum atomic E-state index is -4.10. The topological polar surface area (TPSA) is 147 Å². The van der Waals surface area contributed by atoms with E-state index in [1.165, 1.54) is 42.7 Å². The number of hydrogen-bond donors (Lipinski definition) is 1. The number of nitro groups is 1. The Bertz CT molecular complexity index is 1380. The second-order valence-electron chi connectivity index (χ2n) is 7.91. The highest BCUT2D eigenvalue weighted by molar-refractivity contribution is 7.92. The summed E-state index contributed by atoms with van der Waals surface area (Å²) < 4.78 is 32.8. The van der Waals surface area contributed by atoms with Crippen LogP contribution in [-0.2, 0) is 19.6 Å². The summed E-state index contributed by atoms with van der Waals surface area (Å²) in [6.45, 7) is 1.65. The smallest absolute Gasteiger partial charge is 0.270 e. The van der Waals surface area contributed by atoms with Crippen molar-refractivity contribution in [2.24, 2.45) is 5.10 Å². The van der Waals surface area contributed by atoms with E-state index >= 15 is 0 Å². The molecule has 192 valence electrons. The molecule has 1 N–H and O–H groups in total. The Morgan fingerprint density at radius 3 is 2.54 bits per heavy atom. The molecule has 37 heavy (non-hydrogen) atoms. The molecule has 12 nitrogen and oxygen atoms in total. The minimum absolute atomic E-state index is 0.00343. The molecule has 0 bridgehead atoms. The van der Waals surface area contributed by atoms with Gasteiger partial charge in [-0.3, -0.25) is 14.9 Å². The highest BCUT2D eigenvalue weighted by Crippen LogP contribution is 2.25. The summed E-state index contributed by atoms with van der Waals surface area (Å²) in [5.41, 5.74) is 3.32. The lowest BCUT2D eigenvalue weighted by Gasteiger charge is -2.29. The monoisotopic (exact) mass is 524 g/mol. The minimum Gasteiger partial charge on any atom is -0.378 e. The van der Waals surface area contributed by atoms with Crippen molar-refractivity contribution in [2.75, 3.05) is 42.1 Å². The molecule has 1 saturated heterocycles. The second-order valence-corrected chi connectivity index (χ2v) is 9.77. The van der Waals surface area contributed by atoms with Crippen LogP contribution >= 0.6 is 0 Å². The van der Waals surface area contributed by atoms with Gasteiger partial charge in [-0.1, -0.05) is 24.3 Å². The number of carbonyl (C=O) groups is 1. The fourth-order valence-electron chi connectivity index (χ4n) is 3.70. The van der Waals surface area contributed by atoms with E-state index in [2.05, 4.69) is 15.5 Å². The number of rotatable bonds is 9. The molecule has 1 aliphatic heterocycles. The largest absolute Gasteiger partial charge is 0.378 e. The summed E-state index contributed by atoms with van der Waals surface area (Å²) >= 11 is 0. The second kappa shape index (κ2) is 11.6. The maximum Gasteiger partial charge on any atom is 0.270 e. The number of nitrogens with one attached hydrogen (secondary N) is 1. The zero-order valence-corrected chi connectivity index (χ0v) is 20.5. The lowest BCUT2D eigenvalue weighted by Crippen LogP contribution is -2.40. The van der Waals surface area contributed by atoms with Crippen LogP contribution < -0.4 is 14.6 Å². The first-order valence-electron chi connectivity index (χ1n) is 11.3. The molecule has 13 heteroatoms. The zero-order valence-electron chi connectivity index (χ0n) is 19.6.